The average Bonchev–Trinajstić information content (AvgIpc) is 2.95. The number of pyridine rings is 1. The average molecular weight is 231 g/mol. The normalized spacial score (nSPS) is 29.8. The summed E-state index contributed by atoms with van der Waals surface area (Å²) in [6, 6.07) is 5.42. The molecule has 1 saturated heterocycles. The molecule has 0 amide bonds. The lowest BCUT2D eigenvalue weighted by Crippen LogP contribution is -2.39. The first-order valence-corrected chi connectivity index (χ1v) is 6.66. The molecule has 2 fully saturated rings. The number of nitrogens with zero attached hydrogens (tertiary/aromatic N) is 2. The number of aryl methyl sites for hydroxylation is 1. The zero-order chi connectivity index (χ0) is 11.8. The van der Waals surface area contributed by atoms with Crippen LogP contribution in [0.1, 0.15) is 36.6 Å². The van der Waals surface area contributed by atoms with Crippen LogP contribution in [0.4, 0.5) is 0 Å². The van der Waals surface area contributed by atoms with Crippen molar-refractivity contribution < 1.29 is 0 Å². The Labute approximate surface area is 103 Å². The molecule has 3 nitrogen and oxygen atoms in total. The van der Waals surface area contributed by atoms with Crippen LogP contribution in [0.25, 0.3) is 0 Å². The Hall–Kier alpha value is -0.930. The highest BCUT2D eigenvalue weighted by molar-refractivity contribution is 5.19. The molecule has 2 heterocycles. The number of aromatic nitrogens is 1. The largest absolute Gasteiger partial charge is 0.329 e. The predicted molar refractivity (Wildman–Crippen MR) is 68.6 cm³/mol. The number of hydrogen-bond acceptors (Lipinski definition) is 3. The summed E-state index contributed by atoms with van der Waals surface area (Å²) in [5.74, 6) is 0.924. The second kappa shape index (κ2) is 4.39. The van der Waals surface area contributed by atoms with Crippen molar-refractivity contribution in [3.05, 3.63) is 29.6 Å². The van der Waals surface area contributed by atoms with Crippen LogP contribution in [0.5, 0.6) is 0 Å². The number of hydrogen-bond donors (Lipinski definition) is 1. The molecule has 1 saturated carbocycles. The van der Waals surface area contributed by atoms with Crippen molar-refractivity contribution in [3.63, 3.8) is 0 Å². The summed E-state index contributed by atoms with van der Waals surface area (Å²) >= 11 is 0. The molecule has 2 N–H and O–H groups in total. The quantitative estimate of drug-likeness (QED) is 0.863. The van der Waals surface area contributed by atoms with Crippen LogP contribution in [0.15, 0.2) is 18.3 Å². The first-order valence-electron chi connectivity index (χ1n) is 6.66. The van der Waals surface area contributed by atoms with Gasteiger partial charge in [0.15, 0.2) is 0 Å². The first-order chi connectivity index (χ1) is 8.28. The van der Waals surface area contributed by atoms with Gasteiger partial charge in [-0.15, -0.1) is 0 Å². The van der Waals surface area contributed by atoms with E-state index in [1.165, 1.54) is 31.4 Å². The second-order valence-corrected chi connectivity index (χ2v) is 5.51. The van der Waals surface area contributed by atoms with E-state index in [1.54, 1.807) is 0 Å². The molecule has 1 aliphatic heterocycles. The van der Waals surface area contributed by atoms with E-state index in [0.717, 1.165) is 17.7 Å². The SMILES string of the molecule is Cc1ccc(C(CN)N2CC3CCC2C3)cn1. The molecule has 3 unspecified atom stereocenters. The van der Waals surface area contributed by atoms with Crippen LogP contribution in [0.3, 0.4) is 0 Å². The van der Waals surface area contributed by atoms with Gasteiger partial charge in [0.25, 0.3) is 0 Å². The van der Waals surface area contributed by atoms with Gasteiger partial charge in [-0.2, -0.15) is 0 Å². The molecule has 1 aromatic heterocycles. The van der Waals surface area contributed by atoms with Gasteiger partial charge >= 0.3 is 0 Å². The van der Waals surface area contributed by atoms with Crippen molar-refractivity contribution in [2.45, 2.75) is 38.3 Å². The second-order valence-electron chi connectivity index (χ2n) is 5.51. The fraction of sp³-hybridized carbons (Fsp3) is 0.643. The Balaban J connectivity index is 1.81. The molecular weight excluding hydrogens is 210 g/mol. The molecular formula is C14H21N3. The minimum atomic E-state index is 0.374. The maximum Gasteiger partial charge on any atom is 0.0488 e. The summed E-state index contributed by atoms with van der Waals surface area (Å²) in [6.45, 7) is 3.97. The Kier molecular flexibility index (Phi) is 2.89. The lowest BCUT2D eigenvalue weighted by Gasteiger charge is -2.34. The molecule has 92 valence electrons. The van der Waals surface area contributed by atoms with E-state index >= 15 is 0 Å². The van der Waals surface area contributed by atoms with Gasteiger partial charge in [0, 0.05) is 37.1 Å². The van der Waals surface area contributed by atoms with Crippen molar-refractivity contribution in [1.82, 2.24) is 9.88 Å². The van der Waals surface area contributed by atoms with Gasteiger partial charge in [0.2, 0.25) is 0 Å². The number of piperidine rings is 1. The van der Waals surface area contributed by atoms with Gasteiger partial charge in [-0.3, -0.25) is 9.88 Å². The predicted octanol–water partition coefficient (Wildman–Crippen LogP) is 1.87. The Morgan fingerprint density at radius 1 is 1.47 bits per heavy atom. The van der Waals surface area contributed by atoms with Gasteiger partial charge in [-0.1, -0.05) is 6.07 Å². The van der Waals surface area contributed by atoms with Crippen molar-refractivity contribution in [2.75, 3.05) is 13.1 Å². The standard InChI is InChI=1S/C14H21N3/c1-10-2-4-12(8-16-10)14(7-15)17-9-11-3-5-13(17)6-11/h2,4,8,11,13-14H,3,5-7,9,15H2,1H3. The topological polar surface area (TPSA) is 42.1 Å². The molecule has 17 heavy (non-hydrogen) atoms. The summed E-state index contributed by atoms with van der Waals surface area (Å²) in [7, 11) is 0. The van der Waals surface area contributed by atoms with E-state index < -0.39 is 0 Å². The molecule has 3 atom stereocenters. The number of nitrogens with two attached hydrogens (primary N) is 1. The highest BCUT2D eigenvalue weighted by Crippen LogP contribution is 2.41. The first kappa shape index (κ1) is 11.2. The Bertz CT molecular complexity index is 387. The van der Waals surface area contributed by atoms with E-state index in [4.69, 9.17) is 5.73 Å². The smallest absolute Gasteiger partial charge is 0.0488 e. The number of rotatable bonds is 3. The molecule has 1 aromatic rings. The van der Waals surface area contributed by atoms with Gasteiger partial charge < -0.3 is 5.73 Å². The number of fused-ring (bicyclic) bond motifs is 2. The van der Waals surface area contributed by atoms with E-state index in [2.05, 4.69) is 22.0 Å². The molecule has 0 aromatic carbocycles. The fourth-order valence-corrected chi connectivity index (χ4v) is 3.48. The third-order valence-electron chi connectivity index (χ3n) is 4.39. The molecule has 3 rings (SSSR count). The van der Waals surface area contributed by atoms with Crippen molar-refractivity contribution in [2.24, 2.45) is 11.7 Å². The van der Waals surface area contributed by atoms with Gasteiger partial charge in [-0.25, -0.2) is 0 Å². The van der Waals surface area contributed by atoms with Crippen LogP contribution in [-0.4, -0.2) is 29.0 Å². The Morgan fingerprint density at radius 3 is 2.88 bits per heavy atom. The van der Waals surface area contributed by atoms with E-state index in [9.17, 15) is 0 Å². The minimum Gasteiger partial charge on any atom is -0.329 e. The van der Waals surface area contributed by atoms with Crippen LogP contribution in [-0.2, 0) is 0 Å². The van der Waals surface area contributed by atoms with E-state index in [-0.39, 0.29) is 0 Å². The molecule has 3 heteroatoms. The van der Waals surface area contributed by atoms with E-state index in [1.807, 2.05) is 13.1 Å². The van der Waals surface area contributed by atoms with Crippen LogP contribution >= 0.6 is 0 Å². The fourth-order valence-electron chi connectivity index (χ4n) is 3.48. The van der Waals surface area contributed by atoms with Crippen LogP contribution in [0, 0.1) is 12.8 Å². The van der Waals surface area contributed by atoms with Crippen LogP contribution in [0.2, 0.25) is 0 Å². The summed E-state index contributed by atoms with van der Waals surface area (Å²) in [6.07, 6.45) is 6.17. The van der Waals surface area contributed by atoms with Gasteiger partial charge in [0.1, 0.15) is 0 Å². The third-order valence-corrected chi connectivity index (χ3v) is 4.39. The van der Waals surface area contributed by atoms with Crippen molar-refractivity contribution >= 4 is 0 Å². The maximum atomic E-state index is 5.98. The summed E-state index contributed by atoms with van der Waals surface area (Å²) in [4.78, 5) is 7.01. The highest BCUT2D eigenvalue weighted by atomic mass is 15.2. The number of likely N-dealkylation sites (tertiary alicyclic amines) is 1. The van der Waals surface area contributed by atoms with Gasteiger partial charge in [0.05, 0.1) is 0 Å². The molecule has 0 radical (unpaired) electrons. The Morgan fingerprint density at radius 2 is 2.35 bits per heavy atom. The van der Waals surface area contributed by atoms with Crippen molar-refractivity contribution in [3.8, 4) is 0 Å². The zero-order valence-electron chi connectivity index (χ0n) is 10.5. The minimum absolute atomic E-state index is 0.374. The van der Waals surface area contributed by atoms with Gasteiger partial charge in [-0.05, 0) is 43.7 Å². The summed E-state index contributed by atoms with van der Waals surface area (Å²) < 4.78 is 0. The molecule has 0 spiro atoms. The summed E-state index contributed by atoms with van der Waals surface area (Å²) in [5, 5.41) is 0. The highest BCUT2D eigenvalue weighted by Gasteiger charge is 2.40. The monoisotopic (exact) mass is 231 g/mol. The molecule has 2 bridgehead atoms. The van der Waals surface area contributed by atoms with Crippen LogP contribution < -0.4 is 5.73 Å². The summed E-state index contributed by atoms with van der Waals surface area (Å²) in [5.41, 5.74) is 8.34. The maximum absolute atomic E-state index is 5.98. The van der Waals surface area contributed by atoms with E-state index in [0.29, 0.717) is 12.6 Å². The molecule has 1 aliphatic carbocycles. The zero-order valence-corrected chi connectivity index (χ0v) is 10.5. The van der Waals surface area contributed by atoms with Crippen molar-refractivity contribution in [1.29, 1.82) is 0 Å². The lowest BCUT2D eigenvalue weighted by atomic mass is 10.0. The molecule has 2 aliphatic rings. The third kappa shape index (κ3) is 1.98. The lowest BCUT2D eigenvalue weighted by molar-refractivity contribution is 0.153.